The molecule has 0 saturated carbocycles. The molecule has 0 bridgehead atoms. The highest BCUT2D eigenvalue weighted by Crippen LogP contribution is 2.38. The molecule has 2 rings (SSSR count). The number of ether oxygens (including phenoxy) is 1. The van der Waals surface area contributed by atoms with Gasteiger partial charge in [0.05, 0.1) is 7.11 Å². The van der Waals surface area contributed by atoms with Crippen LogP contribution in [0.25, 0.3) is 10.1 Å². The van der Waals surface area contributed by atoms with Crippen LogP contribution in [0.4, 0.5) is 0 Å². The molecular weight excluding hydrogens is 260 g/mol. The number of aryl methyl sites for hydroxylation is 1. The summed E-state index contributed by atoms with van der Waals surface area (Å²) in [6.45, 7) is 2.11. The molecule has 0 aliphatic carbocycles. The van der Waals surface area contributed by atoms with Crippen LogP contribution in [0.3, 0.4) is 0 Å². The molecule has 0 amide bonds. The van der Waals surface area contributed by atoms with Crippen LogP contribution in [-0.4, -0.2) is 7.11 Å². The van der Waals surface area contributed by atoms with Crippen molar-refractivity contribution in [3.05, 3.63) is 29.3 Å². The molecule has 0 saturated heterocycles. The van der Waals surface area contributed by atoms with Gasteiger partial charge in [-0.3, -0.25) is 0 Å². The topological polar surface area (TPSA) is 9.23 Å². The number of alkyl halides is 1. The van der Waals surface area contributed by atoms with E-state index >= 15 is 0 Å². The summed E-state index contributed by atoms with van der Waals surface area (Å²) in [6, 6.07) is 6.38. The Kier molecular flexibility index (Phi) is 2.79. The van der Waals surface area contributed by atoms with Gasteiger partial charge >= 0.3 is 0 Å². The molecule has 0 fully saturated rings. The van der Waals surface area contributed by atoms with Crippen LogP contribution in [0.5, 0.6) is 5.06 Å². The van der Waals surface area contributed by atoms with E-state index in [0.29, 0.717) is 0 Å². The summed E-state index contributed by atoms with van der Waals surface area (Å²) < 4.78 is 6.63. The first kappa shape index (κ1) is 9.99. The van der Waals surface area contributed by atoms with Crippen LogP contribution in [0.1, 0.15) is 11.1 Å². The average molecular weight is 271 g/mol. The van der Waals surface area contributed by atoms with Crippen molar-refractivity contribution in [1.82, 2.24) is 0 Å². The van der Waals surface area contributed by atoms with Crippen molar-refractivity contribution >= 4 is 37.4 Å². The second-order valence-electron chi connectivity index (χ2n) is 3.14. The van der Waals surface area contributed by atoms with Gasteiger partial charge in [-0.2, -0.15) is 0 Å². The van der Waals surface area contributed by atoms with Crippen LogP contribution in [0, 0.1) is 6.92 Å². The second-order valence-corrected chi connectivity index (χ2v) is 4.72. The number of methoxy groups -OCH3 is 1. The molecule has 1 heterocycles. The Morgan fingerprint density at radius 2 is 2.21 bits per heavy atom. The van der Waals surface area contributed by atoms with Gasteiger partial charge in [-0.1, -0.05) is 39.4 Å². The molecule has 0 radical (unpaired) electrons. The van der Waals surface area contributed by atoms with Crippen LogP contribution in [-0.2, 0) is 5.33 Å². The molecular formula is C11H11BrOS. The van der Waals surface area contributed by atoms with Crippen molar-refractivity contribution in [1.29, 1.82) is 0 Å². The lowest BCUT2D eigenvalue weighted by Gasteiger charge is -1.99. The first-order valence-corrected chi connectivity index (χ1v) is 6.32. The summed E-state index contributed by atoms with van der Waals surface area (Å²) in [5.41, 5.74) is 2.59. The van der Waals surface area contributed by atoms with Crippen molar-refractivity contribution in [2.75, 3.05) is 7.11 Å². The first-order chi connectivity index (χ1) is 6.77. The van der Waals surface area contributed by atoms with E-state index in [4.69, 9.17) is 4.74 Å². The van der Waals surface area contributed by atoms with Gasteiger partial charge < -0.3 is 4.74 Å². The molecule has 1 aromatic heterocycles. The van der Waals surface area contributed by atoms with E-state index in [9.17, 15) is 0 Å². The van der Waals surface area contributed by atoms with Crippen molar-refractivity contribution < 1.29 is 4.74 Å². The highest BCUT2D eigenvalue weighted by atomic mass is 79.9. The van der Waals surface area contributed by atoms with E-state index in [1.807, 2.05) is 0 Å². The Morgan fingerprint density at radius 3 is 2.86 bits per heavy atom. The second kappa shape index (κ2) is 3.91. The third kappa shape index (κ3) is 1.44. The van der Waals surface area contributed by atoms with Gasteiger partial charge in [-0.05, 0) is 18.6 Å². The standard InChI is InChI=1S/C11H11BrOS/c1-7-10-8(6-12)4-3-5-9(10)14-11(7)13-2/h3-5H,6H2,1-2H3. The Bertz CT molecular complexity index is 462. The molecule has 2 aromatic rings. The first-order valence-electron chi connectivity index (χ1n) is 4.39. The Morgan fingerprint density at radius 1 is 1.43 bits per heavy atom. The minimum absolute atomic E-state index is 0.894. The quantitative estimate of drug-likeness (QED) is 0.747. The number of fused-ring (bicyclic) bond motifs is 1. The third-order valence-electron chi connectivity index (χ3n) is 2.33. The summed E-state index contributed by atoms with van der Waals surface area (Å²) in [5.74, 6) is 0. The largest absolute Gasteiger partial charge is 0.487 e. The summed E-state index contributed by atoms with van der Waals surface area (Å²) in [6.07, 6.45) is 0. The highest BCUT2D eigenvalue weighted by Gasteiger charge is 2.10. The molecule has 0 N–H and O–H groups in total. The van der Waals surface area contributed by atoms with Gasteiger partial charge in [-0.25, -0.2) is 0 Å². The molecule has 1 nitrogen and oxygen atoms in total. The number of halogens is 1. The monoisotopic (exact) mass is 270 g/mol. The normalized spacial score (nSPS) is 10.8. The smallest absolute Gasteiger partial charge is 0.177 e. The van der Waals surface area contributed by atoms with Crippen molar-refractivity contribution in [2.45, 2.75) is 12.3 Å². The zero-order chi connectivity index (χ0) is 10.1. The maximum atomic E-state index is 5.33. The number of benzene rings is 1. The summed E-state index contributed by atoms with van der Waals surface area (Å²) in [7, 11) is 1.73. The number of rotatable bonds is 2. The van der Waals surface area contributed by atoms with Crippen LogP contribution >= 0.6 is 27.3 Å². The molecule has 74 valence electrons. The fraction of sp³-hybridized carbons (Fsp3) is 0.273. The number of thiophene rings is 1. The fourth-order valence-electron chi connectivity index (χ4n) is 1.67. The van der Waals surface area contributed by atoms with Crippen LogP contribution in [0.15, 0.2) is 18.2 Å². The summed E-state index contributed by atoms with van der Waals surface area (Å²) in [5, 5.41) is 3.25. The number of hydrogen-bond acceptors (Lipinski definition) is 2. The minimum atomic E-state index is 0.894. The lowest BCUT2D eigenvalue weighted by atomic mass is 10.1. The molecule has 14 heavy (non-hydrogen) atoms. The third-order valence-corrected chi connectivity index (χ3v) is 4.15. The Hall–Kier alpha value is -0.540. The predicted octanol–water partition coefficient (Wildman–Crippen LogP) is 4.11. The maximum Gasteiger partial charge on any atom is 0.177 e. The fourth-order valence-corrected chi connectivity index (χ4v) is 3.21. The summed E-state index contributed by atoms with van der Waals surface area (Å²) >= 11 is 5.22. The van der Waals surface area contributed by atoms with Crippen LogP contribution < -0.4 is 4.74 Å². The summed E-state index contributed by atoms with van der Waals surface area (Å²) in [4.78, 5) is 0. The van der Waals surface area contributed by atoms with E-state index in [1.54, 1.807) is 18.4 Å². The van der Waals surface area contributed by atoms with E-state index in [1.165, 1.54) is 21.2 Å². The molecule has 1 aromatic carbocycles. The average Bonchev–Trinajstić information content (AvgIpc) is 2.55. The Balaban J connectivity index is 2.79. The van der Waals surface area contributed by atoms with Gasteiger partial charge in [0.25, 0.3) is 0 Å². The molecule has 0 aliphatic heterocycles. The van der Waals surface area contributed by atoms with Crippen molar-refractivity contribution in [2.24, 2.45) is 0 Å². The number of hydrogen-bond donors (Lipinski definition) is 0. The lowest BCUT2D eigenvalue weighted by Crippen LogP contribution is -1.82. The highest BCUT2D eigenvalue weighted by molar-refractivity contribution is 9.08. The van der Waals surface area contributed by atoms with Crippen molar-refractivity contribution in [3.8, 4) is 5.06 Å². The van der Waals surface area contributed by atoms with Gasteiger partial charge in [0, 0.05) is 21.0 Å². The van der Waals surface area contributed by atoms with Gasteiger partial charge in [0.2, 0.25) is 0 Å². The maximum absolute atomic E-state index is 5.33. The van der Waals surface area contributed by atoms with E-state index in [2.05, 4.69) is 41.1 Å². The Labute approximate surface area is 95.8 Å². The van der Waals surface area contributed by atoms with Gasteiger partial charge in [0.1, 0.15) is 0 Å². The van der Waals surface area contributed by atoms with E-state index in [0.717, 1.165) is 10.4 Å². The minimum Gasteiger partial charge on any atom is -0.487 e. The predicted molar refractivity (Wildman–Crippen MR) is 65.7 cm³/mol. The van der Waals surface area contributed by atoms with Crippen molar-refractivity contribution in [3.63, 3.8) is 0 Å². The van der Waals surface area contributed by atoms with E-state index < -0.39 is 0 Å². The molecule has 0 aliphatic rings. The zero-order valence-electron chi connectivity index (χ0n) is 8.13. The van der Waals surface area contributed by atoms with Gasteiger partial charge in [-0.15, -0.1) is 0 Å². The molecule has 3 heteroatoms. The molecule has 0 atom stereocenters. The van der Waals surface area contributed by atoms with Crippen LogP contribution in [0.2, 0.25) is 0 Å². The SMILES string of the molecule is COc1sc2cccc(CBr)c2c1C. The van der Waals surface area contributed by atoms with E-state index in [-0.39, 0.29) is 0 Å². The zero-order valence-corrected chi connectivity index (χ0v) is 10.5. The lowest BCUT2D eigenvalue weighted by molar-refractivity contribution is 0.425. The van der Waals surface area contributed by atoms with Gasteiger partial charge in [0.15, 0.2) is 5.06 Å². The molecule has 0 spiro atoms. The molecule has 0 unspecified atom stereocenters.